The molecule has 0 spiro atoms. The summed E-state index contributed by atoms with van der Waals surface area (Å²) in [6, 6.07) is 0. The first-order valence-electron chi connectivity index (χ1n) is 30.4. The van der Waals surface area contributed by atoms with Crippen LogP contribution in [0.4, 0.5) is 0 Å². The van der Waals surface area contributed by atoms with Gasteiger partial charge in [0.05, 0.1) is 0 Å². The minimum atomic E-state index is -0.762. The Kier molecular flexibility index (Phi) is 54.0. The number of ether oxygens (including phenoxy) is 3. The number of unbranched alkanes of at least 4 members (excludes halogenated alkanes) is 43. The van der Waals surface area contributed by atoms with Gasteiger partial charge in [0.2, 0.25) is 0 Å². The molecule has 0 radical (unpaired) electrons. The van der Waals surface area contributed by atoms with Gasteiger partial charge in [-0.2, -0.15) is 0 Å². The maximum atomic E-state index is 12.9. The highest BCUT2D eigenvalue weighted by Crippen LogP contribution is 2.18. The Morgan fingerprint density at radius 1 is 0.284 bits per heavy atom. The third-order valence-corrected chi connectivity index (χ3v) is 14.0. The van der Waals surface area contributed by atoms with Crippen molar-refractivity contribution in [2.24, 2.45) is 5.92 Å². The van der Waals surface area contributed by atoms with Gasteiger partial charge in [0.1, 0.15) is 13.2 Å². The highest BCUT2D eigenvalue weighted by molar-refractivity contribution is 5.71. The van der Waals surface area contributed by atoms with Crippen molar-refractivity contribution in [1.82, 2.24) is 0 Å². The second-order valence-electron chi connectivity index (χ2n) is 21.5. The molecule has 1 atom stereocenters. The molecular formula is C61H118O6. The van der Waals surface area contributed by atoms with Crippen molar-refractivity contribution < 1.29 is 28.6 Å². The predicted octanol–water partition coefficient (Wildman–Crippen LogP) is 20.2. The molecule has 0 aliphatic heterocycles. The van der Waals surface area contributed by atoms with Gasteiger partial charge in [-0.25, -0.2) is 0 Å². The Hall–Kier alpha value is -1.59. The van der Waals surface area contributed by atoms with E-state index in [4.69, 9.17) is 14.2 Å². The topological polar surface area (TPSA) is 78.9 Å². The van der Waals surface area contributed by atoms with Crippen molar-refractivity contribution in [2.75, 3.05) is 13.2 Å². The zero-order chi connectivity index (χ0) is 48.8. The van der Waals surface area contributed by atoms with Crippen molar-refractivity contribution in [2.45, 2.75) is 355 Å². The van der Waals surface area contributed by atoms with Crippen LogP contribution in [0.15, 0.2) is 0 Å². The molecular weight excluding hydrogens is 829 g/mol. The number of carbonyl (C=O) groups is 3. The molecule has 0 amide bonds. The first-order valence-corrected chi connectivity index (χ1v) is 30.4. The molecule has 0 saturated heterocycles. The molecule has 0 fully saturated rings. The average molecular weight is 948 g/mol. The molecule has 0 unspecified atom stereocenters. The predicted molar refractivity (Wildman–Crippen MR) is 289 cm³/mol. The molecule has 6 heteroatoms. The number of rotatable bonds is 56. The summed E-state index contributed by atoms with van der Waals surface area (Å²) in [5, 5.41) is 0. The summed E-state index contributed by atoms with van der Waals surface area (Å²) < 4.78 is 16.9. The summed E-state index contributed by atoms with van der Waals surface area (Å²) >= 11 is 0. The Bertz CT molecular complexity index is 1010. The summed E-state index contributed by atoms with van der Waals surface area (Å²) in [7, 11) is 0. The highest BCUT2D eigenvalue weighted by atomic mass is 16.6. The molecule has 67 heavy (non-hydrogen) atoms. The van der Waals surface area contributed by atoms with Crippen LogP contribution in [0.25, 0.3) is 0 Å². The fraction of sp³-hybridized carbons (Fsp3) is 0.951. The Balaban J connectivity index is 4.28. The molecule has 0 aromatic carbocycles. The normalized spacial score (nSPS) is 12.0. The van der Waals surface area contributed by atoms with E-state index >= 15 is 0 Å². The second-order valence-corrected chi connectivity index (χ2v) is 21.5. The van der Waals surface area contributed by atoms with Gasteiger partial charge in [0.25, 0.3) is 0 Å². The summed E-state index contributed by atoms with van der Waals surface area (Å²) in [4.78, 5) is 38.2. The minimum absolute atomic E-state index is 0.0616. The van der Waals surface area contributed by atoms with E-state index in [2.05, 4.69) is 27.7 Å². The van der Waals surface area contributed by atoms with Crippen molar-refractivity contribution in [1.29, 1.82) is 0 Å². The van der Waals surface area contributed by atoms with Gasteiger partial charge in [-0.15, -0.1) is 0 Å². The third-order valence-electron chi connectivity index (χ3n) is 14.0. The van der Waals surface area contributed by atoms with E-state index in [-0.39, 0.29) is 31.1 Å². The zero-order valence-electron chi connectivity index (χ0n) is 45.9. The molecule has 0 aliphatic rings. The number of hydrogen-bond donors (Lipinski definition) is 0. The van der Waals surface area contributed by atoms with Crippen LogP contribution < -0.4 is 0 Å². The molecule has 0 N–H and O–H groups in total. The van der Waals surface area contributed by atoms with Crippen molar-refractivity contribution >= 4 is 17.9 Å². The summed E-state index contributed by atoms with van der Waals surface area (Å²) in [6.45, 7) is 9.07. The maximum Gasteiger partial charge on any atom is 0.306 e. The Labute approximate surface area is 418 Å². The lowest BCUT2D eigenvalue weighted by atomic mass is 10.0. The van der Waals surface area contributed by atoms with Crippen LogP contribution in [-0.4, -0.2) is 37.2 Å². The standard InChI is InChI=1S/C61H118O6/c1-5-7-9-11-13-15-17-19-21-22-23-24-25-29-34-38-42-46-50-54-61(64)67-58(55-65-59(62)52-48-44-40-36-32-28-20-18-16-14-12-10-8-6-2)56-66-60(63)53-49-45-41-37-33-30-26-27-31-35-39-43-47-51-57(3)4/h57-58H,5-56H2,1-4H3/t58-/m0/s1. The van der Waals surface area contributed by atoms with Gasteiger partial charge in [-0.3, -0.25) is 14.4 Å². The molecule has 0 rings (SSSR count). The van der Waals surface area contributed by atoms with E-state index < -0.39 is 6.10 Å². The number of carbonyl (C=O) groups excluding carboxylic acids is 3. The lowest BCUT2D eigenvalue weighted by molar-refractivity contribution is -0.167. The minimum Gasteiger partial charge on any atom is -0.462 e. The zero-order valence-corrected chi connectivity index (χ0v) is 45.9. The molecule has 398 valence electrons. The highest BCUT2D eigenvalue weighted by Gasteiger charge is 2.19. The lowest BCUT2D eigenvalue weighted by Crippen LogP contribution is -2.30. The summed E-state index contributed by atoms with van der Waals surface area (Å²) in [6.07, 6.45) is 61.0. The van der Waals surface area contributed by atoms with E-state index in [0.717, 1.165) is 63.7 Å². The van der Waals surface area contributed by atoms with Crippen molar-refractivity contribution in [3.63, 3.8) is 0 Å². The van der Waals surface area contributed by atoms with Crippen LogP contribution in [0.3, 0.4) is 0 Å². The van der Waals surface area contributed by atoms with Gasteiger partial charge >= 0.3 is 17.9 Å². The van der Waals surface area contributed by atoms with E-state index in [1.807, 2.05) is 0 Å². The van der Waals surface area contributed by atoms with Crippen LogP contribution in [-0.2, 0) is 28.6 Å². The maximum absolute atomic E-state index is 12.9. The largest absolute Gasteiger partial charge is 0.462 e. The molecule has 0 heterocycles. The molecule has 0 aromatic heterocycles. The van der Waals surface area contributed by atoms with Crippen LogP contribution in [0.1, 0.15) is 349 Å². The molecule has 0 saturated carbocycles. The van der Waals surface area contributed by atoms with Crippen LogP contribution in [0, 0.1) is 5.92 Å². The lowest BCUT2D eigenvalue weighted by Gasteiger charge is -2.18. The van der Waals surface area contributed by atoms with E-state index in [9.17, 15) is 14.4 Å². The summed E-state index contributed by atoms with van der Waals surface area (Å²) in [5.41, 5.74) is 0. The van der Waals surface area contributed by atoms with Crippen LogP contribution >= 0.6 is 0 Å². The first-order chi connectivity index (χ1) is 32.9. The second kappa shape index (κ2) is 55.3. The van der Waals surface area contributed by atoms with Gasteiger partial charge in [-0.1, -0.05) is 310 Å². The van der Waals surface area contributed by atoms with Gasteiger partial charge in [-0.05, 0) is 25.2 Å². The Morgan fingerprint density at radius 3 is 0.731 bits per heavy atom. The molecule has 0 aliphatic carbocycles. The monoisotopic (exact) mass is 947 g/mol. The van der Waals surface area contributed by atoms with Crippen LogP contribution in [0.2, 0.25) is 0 Å². The molecule has 0 bridgehead atoms. The smallest absolute Gasteiger partial charge is 0.306 e. The SMILES string of the molecule is CCCCCCCCCCCCCCCCCCCCCC(=O)O[C@@H](COC(=O)CCCCCCCCCCCCCCCC)COC(=O)CCCCCCCCCCCCCCCC(C)C. The van der Waals surface area contributed by atoms with E-state index in [1.54, 1.807) is 0 Å². The third kappa shape index (κ3) is 55.2. The van der Waals surface area contributed by atoms with Gasteiger partial charge in [0.15, 0.2) is 6.10 Å². The first kappa shape index (κ1) is 65.4. The molecule has 6 nitrogen and oxygen atoms in total. The van der Waals surface area contributed by atoms with Gasteiger partial charge < -0.3 is 14.2 Å². The Morgan fingerprint density at radius 2 is 0.493 bits per heavy atom. The quantitative estimate of drug-likeness (QED) is 0.0343. The molecule has 0 aromatic rings. The average Bonchev–Trinajstić information content (AvgIpc) is 3.31. The van der Waals surface area contributed by atoms with E-state index in [0.29, 0.717) is 19.3 Å². The van der Waals surface area contributed by atoms with Crippen molar-refractivity contribution in [3.8, 4) is 0 Å². The van der Waals surface area contributed by atoms with E-state index in [1.165, 1.54) is 244 Å². The fourth-order valence-corrected chi connectivity index (χ4v) is 9.46. The summed E-state index contributed by atoms with van der Waals surface area (Å²) in [5.74, 6) is 0.00811. The fourth-order valence-electron chi connectivity index (χ4n) is 9.46. The number of esters is 3. The van der Waals surface area contributed by atoms with Gasteiger partial charge in [0, 0.05) is 19.3 Å². The number of hydrogen-bond acceptors (Lipinski definition) is 6. The van der Waals surface area contributed by atoms with Crippen LogP contribution in [0.5, 0.6) is 0 Å². The van der Waals surface area contributed by atoms with Crippen molar-refractivity contribution in [3.05, 3.63) is 0 Å².